The summed E-state index contributed by atoms with van der Waals surface area (Å²) in [5.74, 6) is 0. The first kappa shape index (κ1) is 23.5. The van der Waals surface area contributed by atoms with Gasteiger partial charge in [0.2, 0.25) is 6.54 Å². The number of aryl methyl sites for hydroxylation is 1. The minimum Gasteiger partial charge on any atom is -0.265 e. The smallest absolute Gasteiger partial charge is 0.265 e. The summed E-state index contributed by atoms with van der Waals surface area (Å²) in [7, 11) is 0. The van der Waals surface area contributed by atoms with Gasteiger partial charge in [0.25, 0.3) is 5.69 Å². The van der Waals surface area contributed by atoms with Crippen molar-refractivity contribution < 1.29 is 9.85 Å². The standard InChI is InChI=1S/C7H8.C6H5NO2.C3H8.C2H5NO2/c1-7-5-3-2-4-6-7;8-7(9)6-4-2-1-3-5-6;1-3-2;1-2-3(4)5/h2-6H,1H3;1-5H;3H2,1-2H3;2H2,1H3. The van der Waals surface area contributed by atoms with E-state index in [2.05, 4.69) is 32.9 Å². The Kier molecular flexibility index (Phi) is 16.3. The molecule has 2 rings (SSSR count). The molecule has 0 aromatic heterocycles. The van der Waals surface area contributed by atoms with Crippen molar-refractivity contribution in [3.63, 3.8) is 0 Å². The van der Waals surface area contributed by atoms with Crippen LogP contribution in [0, 0.1) is 27.2 Å². The lowest BCUT2D eigenvalue weighted by Gasteiger charge is -1.85. The highest BCUT2D eigenvalue weighted by Gasteiger charge is 1.98. The summed E-state index contributed by atoms with van der Waals surface area (Å²) in [4.78, 5) is 18.4. The van der Waals surface area contributed by atoms with E-state index in [0.717, 1.165) is 0 Å². The lowest BCUT2D eigenvalue weighted by atomic mass is 10.2. The lowest BCUT2D eigenvalue weighted by Crippen LogP contribution is -1.92. The number of hydrogen-bond acceptors (Lipinski definition) is 4. The number of non-ortho nitro benzene ring substituents is 1. The van der Waals surface area contributed by atoms with Crippen LogP contribution < -0.4 is 0 Å². The predicted octanol–water partition coefficient (Wildman–Crippen LogP) is 5.29. The molecular weight excluding hydrogens is 308 g/mol. The number of nitrogens with zero attached hydrogens (tertiary/aromatic N) is 2. The largest absolute Gasteiger partial charge is 0.269 e. The first-order valence-corrected chi connectivity index (χ1v) is 7.71. The van der Waals surface area contributed by atoms with Crippen LogP contribution in [0.25, 0.3) is 0 Å². The van der Waals surface area contributed by atoms with E-state index in [4.69, 9.17) is 0 Å². The van der Waals surface area contributed by atoms with E-state index in [-0.39, 0.29) is 17.2 Å². The summed E-state index contributed by atoms with van der Waals surface area (Å²) in [5, 5.41) is 19.2. The molecule has 0 atom stereocenters. The van der Waals surface area contributed by atoms with Gasteiger partial charge in [-0.25, -0.2) is 0 Å². The molecular formula is C18H26N2O4. The van der Waals surface area contributed by atoms with Gasteiger partial charge in [-0.15, -0.1) is 0 Å². The van der Waals surface area contributed by atoms with Crippen LogP contribution in [0.4, 0.5) is 5.69 Å². The molecule has 0 spiro atoms. The second kappa shape index (κ2) is 16.6. The Morgan fingerprint density at radius 1 is 0.792 bits per heavy atom. The maximum atomic E-state index is 10.0. The molecule has 2 aromatic rings. The summed E-state index contributed by atoms with van der Waals surface area (Å²) in [6.07, 6.45) is 1.25. The van der Waals surface area contributed by atoms with Crippen LogP contribution in [0.2, 0.25) is 0 Å². The normalized spacial score (nSPS) is 8.17. The predicted molar refractivity (Wildman–Crippen MR) is 97.8 cm³/mol. The Bertz CT molecular complexity index is 545. The van der Waals surface area contributed by atoms with Gasteiger partial charge in [0.05, 0.1) is 4.92 Å². The van der Waals surface area contributed by atoms with Crippen molar-refractivity contribution in [1.29, 1.82) is 0 Å². The van der Waals surface area contributed by atoms with Crippen molar-refractivity contribution in [2.75, 3.05) is 6.54 Å². The topological polar surface area (TPSA) is 86.3 Å². The third kappa shape index (κ3) is 17.3. The highest BCUT2D eigenvalue weighted by Crippen LogP contribution is 2.06. The Labute approximate surface area is 143 Å². The maximum absolute atomic E-state index is 10.0. The second-order valence-electron chi connectivity index (χ2n) is 4.60. The molecule has 0 amide bonds. The van der Waals surface area contributed by atoms with Crippen LogP contribution in [-0.4, -0.2) is 16.4 Å². The SMILES string of the molecule is CCC.CC[N+](=O)[O-].Cc1ccccc1.O=[N+]([O-])c1ccccc1. The summed E-state index contributed by atoms with van der Waals surface area (Å²) in [6.45, 7) is 7.86. The summed E-state index contributed by atoms with van der Waals surface area (Å²) < 4.78 is 0. The van der Waals surface area contributed by atoms with E-state index in [9.17, 15) is 20.2 Å². The van der Waals surface area contributed by atoms with E-state index in [1.165, 1.54) is 31.0 Å². The molecule has 0 saturated carbocycles. The van der Waals surface area contributed by atoms with Crippen LogP contribution in [-0.2, 0) is 0 Å². The molecule has 6 nitrogen and oxygen atoms in total. The van der Waals surface area contributed by atoms with Gasteiger partial charge >= 0.3 is 0 Å². The van der Waals surface area contributed by atoms with E-state index < -0.39 is 4.92 Å². The molecule has 0 N–H and O–H groups in total. The third-order valence-corrected chi connectivity index (χ3v) is 2.17. The molecule has 0 aliphatic heterocycles. The van der Waals surface area contributed by atoms with Gasteiger partial charge in [0.15, 0.2) is 0 Å². The van der Waals surface area contributed by atoms with Gasteiger partial charge in [-0.1, -0.05) is 74.4 Å². The average molecular weight is 334 g/mol. The molecule has 0 aliphatic carbocycles. The molecule has 2 aromatic carbocycles. The number of para-hydroxylation sites is 1. The van der Waals surface area contributed by atoms with Crippen molar-refractivity contribution >= 4 is 5.69 Å². The quantitative estimate of drug-likeness (QED) is 0.551. The highest BCUT2D eigenvalue weighted by molar-refractivity contribution is 5.28. The lowest BCUT2D eigenvalue weighted by molar-refractivity contribution is -0.475. The molecule has 0 bridgehead atoms. The number of benzene rings is 2. The van der Waals surface area contributed by atoms with Crippen LogP contribution in [0.5, 0.6) is 0 Å². The molecule has 0 radical (unpaired) electrons. The van der Waals surface area contributed by atoms with E-state index >= 15 is 0 Å². The minimum absolute atomic E-state index is 0.0278. The van der Waals surface area contributed by atoms with E-state index in [1.807, 2.05) is 18.2 Å². The monoisotopic (exact) mass is 334 g/mol. The number of hydrogen-bond donors (Lipinski definition) is 0. The van der Waals surface area contributed by atoms with Crippen molar-refractivity contribution in [2.24, 2.45) is 0 Å². The molecule has 0 heterocycles. The fourth-order valence-corrected chi connectivity index (χ4v) is 1.08. The Hall–Kier alpha value is -2.76. The highest BCUT2D eigenvalue weighted by atomic mass is 16.6. The zero-order valence-electron chi connectivity index (χ0n) is 14.7. The van der Waals surface area contributed by atoms with Gasteiger partial charge in [-0.2, -0.15) is 0 Å². The van der Waals surface area contributed by atoms with E-state index in [1.54, 1.807) is 18.2 Å². The molecule has 0 aliphatic rings. The van der Waals surface area contributed by atoms with Crippen LogP contribution >= 0.6 is 0 Å². The summed E-state index contributed by atoms with van der Waals surface area (Å²) >= 11 is 0. The van der Waals surface area contributed by atoms with Crippen molar-refractivity contribution in [3.05, 3.63) is 86.5 Å². The minimum atomic E-state index is -0.417. The van der Waals surface area contributed by atoms with Crippen molar-refractivity contribution in [2.45, 2.75) is 34.1 Å². The summed E-state index contributed by atoms with van der Waals surface area (Å²) in [5.41, 5.74) is 1.46. The first-order chi connectivity index (χ1) is 11.4. The van der Waals surface area contributed by atoms with Gasteiger partial charge in [-0.3, -0.25) is 20.2 Å². The Morgan fingerprint density at radius 2 is 1.12 bits per heavy atom. The van der Waals surface area contributed by atoms with Crippen LogP contribution in [0.1, 0.15) is 32.8 Å². The van der Waals surface area contributed by atoms with Crippen molar-refractivity contribution in [3.8, 4) is 0 Å². The van der Waals surface area contributed by atoms with Crippen LogP contribution in [0.3, 0.4) is 0 Å². The first-order valence-electron chi connectivity index (χ1n) is 7.71. The van der Waals surface area contributed by atoms with Crippen molar-refractivity contribution in [1.82, 2.24) is 0 Å². The molecule has 6 heteroatoms. The molecule has 0 saturated heterocycles. The average Bonchev–Trinajstić information content (AvgIpc) is 2.58. The molecule has 0 unspecified atom stereocenters. The Morgan fingerprint density at radius 3 is 1.29 bits per heavy atom. The second-order valence-corrected chi connectivity index (χ2v) is 4.60. The summed E-state index contributed by atoms with van der Waals surface area (Å²) in [6, 6.07) is 18.2. The van der Waals surface area contributed by atoms with Gasteiger partial charge in [0.1, 0.15) is 0 Å². The molecule has 132 valence electrons. The maximum Gasteiger partial charge on any atom is 0.269 e. The van der Waals surface area contributed by atoms with Gasteiger partial charge in [0, 0.05) is 24.0 Å². The zero-order chi connectivity index (χ0) is 18.8. The van der Waals surface area contributed by atoms with Crippen LogP contribution in [0.15, 0.2) is 60.7 Å². The van der Waals surface area contributed by atoms with Gasteiger partial charge in [-0.05, 0) is 6.92 Å². The number of nitro benzene ring substituents is 1. The number of rotatable bonds is 2. The zero-order valence-corrected chi connectivity index (χ0v) is 14.7. The fourth-order valence-electron chi connectivity index (χ4n) is 1.08. The van der Waals surface area contributed by atoms with E-state index in [0.29, 0.717) is 0 Å². The molecule has 24 heavy (non-hydrogen) atoms. The fraction of sp³-hybridized carbons (Fsp3) is 0.333. The third-order valence-electron chi connectivity index (χ3n) is 2.17. The molecule has 0 fully saturated rings. The van der Waals surface area contributed by atoms with Gasteiger partial charge < -0.3 is 0 Å². The Balaban J connectivity index is 0. The number of nitro groups is 2.